The molecular weight excluding hydrogens is 186 g/mol. The van der Waals surface area contributed by atoms with Crippen molar-refractivity contribution in [3.63, 3.8) is 0 Å². The molecule has 0 aliphatic rings. The molecule has 15 heavy (non-hydrogen) atoms. The molecule has 0 aliphatic heterocycles. The molecule has 0 aromatic heterocycles. The molecule has 2 unspecified atom stereocenters. The fourth-order valence-electron chi connectivity index (χ4n) is 1.84. The van der Waals surface area contributed by atoms with Crippen LogP contribution in [0.3, 0.4) is 0 Å². The first-order chi connectivity index (χ1) is 7.29. The second-order valence-electron chi connectivity index (χ2n) is 3.77. The van der Waals surface area contributed by atoms with Crippen LogP contribution in [0.4, 0.5) is 0 Å². The Morgan fingerprint density at radius 2 is 2.07 bits per heavy atom. The van der Waals surface area contributed by atoms with Gasteiger partial charge >= 0.3 is 0 Å². The van der Waals surface area contributed by atoms with Gasteiger partial charge in [-0.3, -0.25) is 0 Å². The van der Waals surface area contributed by atoms with Crippen molar-refractivity contribution in [3.8, 4) is 12.3 Å². The van der Waals surface area contributed by atoms with Gasteiger partial charge in [0.2, 0.25) is 0 Å². The highest BCUT2D eigenvalue weighted by molar-refractivity contribution is 4.85. The van der Waals surface area contributed by atoms with E-state index in [9.17, 15) is 0 Å². The minimum absolute atomic E-state index is 0.336. The first-order valence-corrected chi connectivity index (χ1v) is 6.02. The predicted molar refractivity (Wildman–Crippen MR) is 65.9 cm³/mol. The second-order valence-corrected chi connectivity index (χ2v) is 3.77. The lowest BCUT2D eigenvalue weighted by atomic mass is 10.0. The normalized spacial score (nSPS) is 14.5. The van der Waals surface area contributed by atoms with E-state index in [0.29, 0.717) is 12.1 Å². The molecule has 0 bridgehead atoms. The summed E-state index contributed by atoms with van der Waals surface area (Å²) in [5.74, 6) is 2.68. The van der Waals surface area contributed by atoms with E-state index in [4.69, 9.17) is 11.2 Å². The third-order valence-corrected chi connectivity index (χ3v) is 2.61. The average molecular weight is 211 g/mol. The zero-order valence-corrected chi connectivity index (χ0v) is 10.4. The molecule has 0 spiro atoms. The summed E-state index contributed by atoms with van der Waals surface area (Å²) in [4.78, 5) is 0. The largest absolute Gasteiger partial charge is 0.377 e. The zero-order chi connectivity index (χ0) is 11.5. The summed E-state index contributed by atoms with van der Waals surface area (Å²) in [6.07, 6.45) is 10.9. The minimum atomic E-state index is 0.336. The smallest absolute Gasteiger partial charge is 0.0727 e. The number of unbranched alkanes of at least 4 members (excludes halogenated alkanes) is 1. The molecule has 0 aromatic carbocycles. The highest BCUT2D eigenvalue weighted by Crippen LogP contribution is 2.12. The van der Waals surface area contributed by atoms with E-state index >= 15 is 0 Å². The summed E-state index contributed by atoms with van der Waals surface area (Å²) < 4.78 is 5.75. The molecule has 0 saturated carbocycles. The first kappa shape index (κ1) is 14.5. The molecule has 0 fully saturated rings. The van der Waals surface area contributed by atoms with Gasteiger partial charge < -0.3 is 10.1 Å². The molecule has 2 heteroatoms. The molecule has 0 heterocycles. The van der Waals surface area contributed by atoms with Crippen molar-refractivity contribution in [3.05, 3.63) is 0 Å². The lowest BCUT2D eigenvalue weighted by Gasteiger charge is -2.26. The van der Waals surface area contributed by atoms with E-state index in [2.05, 4.69) is 25.1 Å². The van der Waals surface area contributed by atoms with Gasteiger partial charge in [0, 0.05) is 19.1 Å². The highest BCUT2D eigenvalue weighted by Gasteiger charge is 2.18. The summed E-state index contributed by atoms with van der Waals surface area (Å²) in [5.41, 5.74) is 0. The van der Waals surface area contributed by atoms with Gasteiger partial charge in [-0.2, -0.15) is 0 Å². The van der Waals surface area contributed by atoms with E-state index in [0.717, 1.165) is 38.7 Å². The Kier molecular flexibility index (Phi) is 9.67. The number of nitrogens with one attached hydrogen (secondary N) is 1. The van der Waals surface area contributed by atoms with E-state index in [1.165, 1.54) is 0 Å². The van der Waals surface area contributed by atoms with Gasteiger partial charge in [-0.1, -0.05) is 13.3 Å². The van der Waals surface area contributed by atoms with Crippen molar-refractivity contribution in [2.24, 2.45) is 0 Å². The van der Waals surface area contributed by atoms with Crippen LogP contribution in [0.2, 0.25) is 0 Å². The topological polar surface area (TPSA) is 21.3 Å². The predicted octanol–water partition coefficient (Wildman–Crippen LogP) is 2.58. The third kappa shape index (κ3) is 6.54. The number of terminal acetylenes is 1. The molecule has 0 saturated heterocycles. The van der Waals surface area contributed by atoms with Crippen LogP contribution in [-0.4, -0.2) is 25.8 Å². The number of rotatable bonds is 9. The fourth-order valence-corrected chi connectivity index (χ4v) is 1.84. The highest BCUT2D eigenvalue weighted by atomic mass is 16.5. The van der Waals surface area contributed by atoms with Gasteiger partial charge in [-0.05, 0) is 33.2 Å². The van der Waals surface area contributed by atoms with E-state index < -0.39 is 0 Å². The summed E-state index contributed by atoms with van der Waals surface area (Å²) in [6.45, 7) is 5.04. The van der Waals surface area contributed by atoms with Crippen molar-refractivity contribution >= 4 is 0 Å². The Balaban J connectivity index is 4.00. The van der Waals surface area contributed by atoms with Crippen molar-refractivity contribution in [2.75, 3.05) is 13.7 Å². The number of likely N-dealkylation sites (N-methyl/N-ethyl adjacent to an activating group) is 1. The number of hydrogen-bond donors (Lipinski definition) is 1. The standard InChI is InChI=1S/C13H25NO/c1-5-8-9-11-12(14-4)13(10-6-2)15-7-3/h1,12-14H,6-11H2,2-4H3. The lowest BCUT2D eigenvalue weighted by Crippen LogP contribution is -2.39. The van der Waals surface area contributed by atoms with Gasteiger partial charge in [-0.25, -0.2) is 0 Å². The summed E-state index contributed by atoms with van der Waals surface area (Å²) in [7, 11) is 2.00. The van der Waals surface area contributed by atoms with Gasteiger partial charge in [0.05, 0.1) is 6.10 Å². The van der Waals surface area contributed by atoms with Crippen LogP contribution in [0.15, 0.2) is 0 Å². The molecule has 0 rings (SSSR count). The molecule has 0 radical (unpaired) electrons. The molecule has 2 atom stereocenters. The van der Waals surface area contributed by atoms with Crippen molar-refractivity contribution < 1.29 is 4.74 Å². The average Bonchev–Trinajstić information content (AvgIpc) is 2.24. The maximum Gasteiger partial charge on any atom is 0.0727 e. The van der Waals surface area contributed by atoms with Gasteiger partial charge in [0.15, 0.2) is 0 Å². The summed E-state index contributed by atoms with van der Waals surface area (Å²) >= 11 is 0. The van der Waals surface area contributed by atoms with Crippen molar-refractivity contribution in [2.45, 2.75) is 58.1 Å². The van der Waals surface area contributed by atoms with Crippen LogP contribution in [0.1, 0.15) is 46.0 Å². The molecular formula is C13H25NO. The SMILES string of the molecule is C#CCCCC(NC)C(CCC)OCC. The zero-order valence-electron chi connectivity index (χ0n) is 10.4. The van der Waals surface area contributed by atoms with E-state index in [1.54, 1.807) is 0 Å². The Morgan fingerprint density at radius 3 is 2.53 bits per heavy atom. The Hall–Kier alpha value is -0.520. The van der Waals surface area contributed by atoms with Crippen LogP contribution in [0.5, 0.6) is 0 Å². The molecule has 0 amide bonds. The summed E-state index contributed by atoms with van der Waals surface area (Å²) in [5, 5.41) is 3.34. The molecule has 88 valence electrons. The quantitative estimate of drug-likeness (QED) is 0.467. The Bertz CT molecular complexity index is 168. The molecule has 0 aliphatic carbocycles. The molecule has 0 aromatic rings. The van der Waals surface area contributed by atoms with Gasteiger partial charge in [0.25, 0.3) is 0 Å². The maximum absolute atomic E-state index is 5.75. The van der Waals surface area contributed by atoms with Gasteiger partial charge in [0.1, 0.15) is 0 Å². The Morgan fingerprint density at radius 1 is 1.33 bits per heavy atom. The molecule has 1 N–H and O–H groups in total. The van der Waals surface area contributed by atoms with Crippen molar-refractivity contribution in [1.82, 2.24) is 5.32 Å². The van der Waals surface area contributed by atoms with Crippen LogP contribution >= 0.6 is 0 Å². The fraction of sp³-hybridized carbons (Fsp3) is 0.846. The summed E-state index contributed by atoms with van der Waals surface area (Å²) in [6, 6.07) is 0.443. The van der Waals surface area contributed by atoms with E-state index in [1.807, 2.05) is 7.05 Å². The van der Waals surface area contributed by atoms with Crippen LogP contribution in [0.25, 0.3) is 0 Å². The maximum atomic E-state index is 5.75. The van der Waals surface area contributed by atoms with Crippen LogP contribution < -0.4 is 5.32 Å². The third-order valence-electron chi connectivity index (χ3n) is 2.61. The van der Waals surface area contributed by atoms with E-state index in [-0.39, 0.29) is 0 Å². The first-order valence-electron chi connectivity index (χ1n) is 6.02. The minimum Gasteiger partial charge on any atom is -0.377 e. The van der Waals surface area contributed by atoms with Crippen molar-refractivity contribution in [1.29, 1.82) is 0 Å². The van der Waals surface area contributed by atoms with Crippen LogP contribution in [-0.2, 0) is 4.74 Å². The monoisotopic (exact) mass is 211 g/mol. The second kappa shape index (κ2) is 10.0. The Labute approximate surface area is 94.8 Å². The van der Waals surface area contributed by atoms with Gasteiger partial charge in [-0.15, -0.1) is 12.3 Å². The number of ether oxygens (including phenoxy) is 1. The van der Waals surface area contributed by atoms with Crippen LogP contribution in [0, 0.1) is 12.3 Å². The number of hydrogen-bond acceptors (Lipinski definition) is 2. The lowest BCUT2D eigenvalue weighted by molar-refractivity contribution is 0.0275. The molecule has 2 nitrogen and oxygen atoms in total.